The molecule has 22 heavy (non-hydrogen) atoms. The maximum atomic E-state index is 13.8. The molecule has 3 rings (SSSR count). The second kappa shape index (κ2) is 5.97. The van der Waals surface area contributed by atoms with Gasteiger partial charge in [0.1, 0.15) is 5.82 Å². The van der Waals surface area contributed by atoms with Gasteiger partial charge in [-0.1, -0.05) is 6.07 Å². The van der Waals surface area contributed by atoms with E-state index in [0.29, 0.717) is 30.4 Å². The van der Waals surface area contributed by atoms with E-state index < -0.39 is 0 Å². The fourth-order valence-corrected chi connectivity index (χ4v) is 2.11. The molecule has 1 N–H and O–H groups in total. The molecule has 0 atom stereocenters. The van der Waals surface area contributed by atoms with Gasteiger partial charge in [-0.15, -0.1) is 15.3 Å². The second-order valence-corrected chi connectivity index (χ2v) is 4.79. The van der Waals surface area contributed by atoms with Gasteiger partial charge in [-0.2, -0.15) is 4.52 Å². The Bertz CT molecular complexity index is 802. The van der Waals surface area contributed by atoms with Crippen LogP contribution in [-0.2, 0) is 6.54 Å². The number of hydrogen-bond acceptors (Lipinski definition) is 5. The number of nitrogens with one attached hydrogen (secondary N) is 1. The van der Waals surface area contributed by atoms with Gasteiger partial charge in [0.25, 0.3) is 0 Å². The van der Waals surface area contributed by atoms with Crippen molar-refractivity contribution >= 4 is 11.5 Å². The summed E-state index contributed by atoms with van der Waals surface area (Å²) < 4.78 is 20.6. The van der Waals surface area contributed by atoms with E-state index >= 15 is 0 Å². The summed E-state index contributed by atoms with van der Waals surface area (Å²) in [5, 5.41) is 15.5. The predicted molar refractivity (Wildman–Crippen MR) is 80.4 cm³/mol. The Morgan fingerprint density at radius 3 is 2.86 bits per heavy atom. The first-order valence-corrected chi connectivity index (χ1v) is 7.01. The van der Waals surface area contributed by atoms with Crippen LogP contribution in [0, 0.1) is 12.7 Å². The van der Waals surface area contributed by atoms with E-state index in [4.69, 9.17) is 4.74 Å². The molecular formula is C15H16FN5O. The molecule has 2 heterocycles. The summed E-state index contributed by atoms with van der Waals surface area (Å²) in [6, 6.07) is 8.56. The first kappa shape index (κ1) is 14.2. The molecule has 0 radical (unpaired) electrons. The van der Waals surface area contributed by atoms with Crippen molar-refractivity contribution in [2.45, 2.75) is 20.4 Å². The van der Waals surface area contributed by atoms with Gasteiger partial charge >= 0.3 is 0 Å². The van der Waals surface area contributed by atoms with Gasteiger partial charge < -0.3 is 10.1 Å². The average molecular weight is 301 g/mol. The molecule has 0 aliphatic heterocycles. The van der Waals surface area contributed by atoms with Crippen LogP contribution in [0.2, 0.25) is 0 Å². The highest BCUT2D eigenvalue weighted by Gasteiger charge is 2.06. The highest BCUT2D eigenvalue weighted by atomic mass is 19.1. The molecule has 0 aliphatic rings. The Balaban J connectivity index is 1.73. The van der Waals surface area contributed by atoms with Gasteiger partial charge in [0.2, 0.25) is 0 Å². The number of aromatic nitrogens is 4. The van der Waals surface area contributed by atoms with E-state index in [1.54, 1.807) is 10.6 Å². The smallest absolute Gasteiger partial charge is 0.178 e. The summed E-state index contributed by atoms with van der Waals surface area (Å²) >= 11 is 0. The summed E-state index contributed by atoms with van der Waals surface area (Å²) in [6.07, 6.45) is 0. The first-order chi connectivity index (χ1) is 10.7. The lowest BCUT2D eigenvalue weighted by Crippen LogP contribution is -2.05. The van der Waals surface area contributed by atoms with Crippen molar-refractivity contribution in [3.63, 3.8) is 0 Å². The Morgan fingerprint density at radius 1 is 1.23 bits per heavy atom. The number of aryl methyl sites for hydroxylation is 1. The molecule has 0 aliphatic carbocycles. The Kier molecular flexibility index (Phi) is 3.86. The zero-order chi connectivity index (χ0) is 15.5. The number of anilines is 1. The van der Waals surface area contributed by atoms with E-state index in [9.17, 15) is 4.39 Å². The summed E-state index contributed by atoms with van der Waals surface area (Å²) in [5.41, 5.74) is 1.50. The van der Waals surface area contributed by atoms with Crippen LogP contribution in [0.4, 0.5) is 10.2 Å². The van der Waals surface area contributed by atoms with Crippen LogP contribution in [-0.4, -0.2) is 26.4 Å². The number of fused-ring (bicyclic) bond motifs is 1. The second-order valence-electron chi connectivity index (χ2n) is 4.79. The number of benzene rings is 1. The molecular weight excluding hydrogens is 285 g/mol. The van der Waals surface area contributed by atoms with Gasteiger partial charge in [0, 0.05) is 6.54 Å². The minimum absolute atomic E-state index is 0.269. The van der Waals surface area contributed by atoms with Crippen molar-refractivity contribution in [3.05, 3.63) is 47.5 Å². The minimum Gasteiger partial charge on any atom is -0.491 e. The topological polar surface area (TPSA) is 64.3 Å². The molecule has 7 heteroatoms. The van der Waals surface area contributed by atoms with Crippen molar-refractivity contribution in [2.75, 3.05) is 11.9 Å². The average Bonchev–Trinajstić information content (AvgIpc) is 2.89. The summed E-state index contributed by atoms with van der Waals surface area (Å²) in [5.74, 6) is 1.29. The molecule has 0 saturated heterocycles. The lowest BCUT2D eigenvalue weighted by molar-refractivity contribution is 0.321. The lowest BCUT2D eigenvalue weighted by atomic mass is 10.2. The van der Waals surface area contributed by atoms with Gasteiger partial charge in [0.15, 0.2) is 23.0 Å². The van der Waals surface area contributed by atoms with Crippen LogP contribution in [0.15, 0.2) is 30.3 Å². The largest absolute Gasteiger partial charge is 0.491 e. The van der Waals surface area contributed by atoms with E-state index in [0.717, 1.165) is 5.56 Å². The van der Waals surface area contributed by atoms with Crippen LogP contribution < -0.4 is 10.1 Å². The summed E-state index contributed by atoms with van der Waals surface area (Å²) in [6.45, 7) is 4.56. The molecule has 0 saturated carbocycles. The Labute approximate surface area is 126 Å². The normalized spacial score (nSPS) is 10.9. The zero-order valence-corrected chi connectivity index (χ0v) is 12.4. The highest BCUT2D eigenvalue weighted by molar-refractivity contribution is 5.44. The molecule has 0 spiro atoms. The zero-order valence-electron chi connectivity index (χ0n) is 12.4. The van der Waals surface area contributed by atoms with Gasteiger partial charge in [-0.3, -0.25) is 0 Å². The number of hydrogen-bond donors (Lipinski definition) is 1. The van der Waals surface area contributed by atoms with Crippen LogP contribution in [0.25, 0.3) is 5.65 Å². The molecule has 0 bridgehead atoms. The van der Waals surface area contributed by atoms with Crippen LogP contribution in [0.1, 0.15) is 18.3 Å². The molecule has 1 aromatic carbocycles. The third-order valence-corrected chi connectivity index (χ3v) is 3.19. The maximum absolute atomic E-state index is 13.8. The standard InChI is InChI=1S/C15H16FN5O/c1-3-22-13-5-4-11(8-12(13)16)9-17-14-6-7-15-19-18-10(2)21(15)20-14/h4-8H,3,9H2,1-2H3,(H,17,20). The monoisotopic (exact) mass is 301 g/mol. The molecule has 0 amide bonds. The molecule has 3 aromatic rings. The lowest BCUT2D eigenvalue weighted by Gasteiger charge is -2.08. The minimum atomic E-state index is -0.362. The first-order valence-electron chi connectivity index (χ1n) is 7.01. The summed E-state index contributed by atoms with van der Waals surface area (Å²) in [4.78, 5) is 0. The van der Waals surface area contributed by atoms with Crippen molar-refractivity contribution in [1.82, 2.24) is 19.8 Å². The SMILES string of the molecule is CCOc1ccc(CNc2ccc3nnc(C)n3n2)cc1F. The number of halogens is 1. The fraction of sp³-hybridized carbons (Fsp3) is 0.267. The van der Waals surface area contributed by atoms with Crippen molar-refractivity contribution in [1.29, 1.82) is 0 Å². The molecule has 0 unspecified atom stereocenters. The maximum Gasteiger partial charge on any atom is 0.178 e. The fourth-order valence-electron chi connectivity index (χ4n) is 2.11. The van der Waals surface area contributed by atoms with Gasteiger partial charge in [0.05, 0.1) is 6.61 Å². The number of rotatable bonds is 5. The number of ether oxygens (including phenoxy) is 1. The molecule has 114 valence electrons. The van der Waals surface area contributed by atoms with Crippen LogP contribution in [0.5, 0.6) is 5.75 Å². The van der Waals surface area contributed by atoms with E-state index in [2.05, 4.69) is 20.6 Å². The van der Waals surface area contributed by atoms with Crippen molar-refractivity contribution in [2.24, 2.45) is 0 Å². The molecule has 0 fully saturated rings. The molecule has 2 aromatic heterocycles. The Morgan fingerprint density at radius 2 is 2.09 bits per heavy atom. The molecule has 6 nitrogen and oxygen atoms in total. The third-order valence-electron chi connectivity index (χ3n) is 3.19. The van der Waals surface area contributed by atoms with Crippen molar-refractivity contribution in [3.8, 4) is 5.75 Å². The quantitative estimate of drug-likeness (QED) is 0.784. The van der Waals surface area contributed by atoms with E-state index in [1.165, 1.54) is 6.07 Å². The van der Waals surface area contributed by atoms with Crippen LogP contribution in [0.3, 0.4) is 0 Å². The predicted octanol–water partition coefficient (Wildman–Crippen LogP) is 2.58. The third kappa shape index (κ3) is 2.83. The number of nitrogens with zero attached hydrogens (tertiary/aromatic N) is 4. The summed E-state index contributed by atoms with van der Waals surface area (Å²) in [7, 11) is 0. The Hall–Kier alpha value is -2.70. The van der Waals surface area contributed by atoms with E-state index in [-0.39, 0.29) is 11.6 Å². The van der Waals surface area contributed by atoms with Crippen molar-refractivity contribution < 1.29 is 9.13 Å². The van der Waals surface area contributed by atoms with Crippen LogP contribution >= 0.6 is 0 Å². The van der Waals surface area contributed by atoms with Gasteiger partial charge in [-0.05, 0) is 43.7 Å². The van der Waals surface area contributed by atoms with Gasteiger partial charge in [-0.25, -0.2) is 4.39 Å². The van der Waals surface area contributed by atoms with E-state index in [1.807, 2.05) is 32.0 Å². The highest BCUT2D eigenvalue weighted by Crippen LogP contribution is 2.19.